The Balaban J connectivity index is 1.62. The van der Waals surface area contributed by atoms with Crippen LogP contribution >= 0.6 is 0 Å². The Morgan fingerprint density at radius 3 is 2.93 bits per heavy atom. The van der Waals surface area contributed by atoms with Crippen molar-refractivity contribution in [3.63, 3.8) is 0 Å². The molecule has 1 aromatic heterocycles. The van der Waals surface area contributed by atoms with Crippen LogP contribution in [0.4, 0.5) is 4.39 Å². The summed E-state index contributed by atoms with van der Waals surface area (Å²) >= 11 is 0. The molecule has 1 aliphatic rings. The minimum absolute atomic E-state index is 0.0442. The Morgan fingerprint density at radius 1 is 1.29 bits per heavy atom. The summed E-state index contributed by atoms with van der Waals surface area (Å²) < 4.78 is 16.1. The maximum atomic E-state index is 13.9. The van der Waals surface area contributed by atoms with E-state index in [1.54, 1.807) is 13.0 Å². The van der Waals surface area contributed by atoms with Crippen molar-refractivity contribution in [2.45, 2.75) is 65.5 Å². The molecule has 7 heteroatoms. The number of nitrogens with one attached hydrogen (secondary N) is 2. The number of rotatable bonds is 6. The molecule has 1 atom stereocenters. The van der Waals surface area contributed by atoms with Crippen molar-refractivity contribution >= 4 is 5.96 Å². The fourth-order valence-corrected chi connectivity index (χ4v) is 3.48. The topological polar surface area (TPSA) is 67.1 Å². The zero-order valence-electron chi connectivity index (χ0n) is 17.1. The van der Waals surface area contributed by atoms with Crippen LogP contribution in [0.25, 0.3) is 0 Å². The number of nitrogens with zero attached hydrogens (tertiary/aromatic N) is 4. The molecule has 1 aromatic carbocycles. The van der Waals surface area contributed by atoms with E-state index in [0.29, 0.717) is 12.1 Å². The highest BCUT2D eigenvalue weighted by Gasteiger charge is 2.14. The van der Waals surface area contributed by atoms with Gasteiger partial charge in [0.05, 0.1) is 6.04 Å². The van der Waals surface area contributed by atoms with Crippen molar-refractivity contribution in [3.8, 4) is 0 Å². The van der Waals surface area contributed by atoms with Crippen molar-refractivity contribution in [1.82, 2.24) is 25.4 Å². The Hall–Kier alpha value is -2.44. The molecule has 0 aliphatic carbocycles. The predicted octanol–water partition coefficient (Wildman–Crippen LogP) is 3.31. The predicted molar refractivity (Wildman–Crippen MR) is 110 cm³/mol. The van der Waals surface area contributed by atoms with Gasteiger partial charge in [-0.3, -0.25) is 4.99 Å². The number of benzene rings is 1. The number of guanidine groups is 1. The highest BCUT2D eigenvalue weighted by molar-refractivity contribution is 5.80. The first-order valence-corrected chi connectivity index (χ1v) is 10.3. The van der Waals surface area contributed by atoms with Crippen LogP contribution in [-0.2, 0) is 19.4 Å². The second-order valence-corrected chi connectivity index (χ2v) is 7.38. The minimum atomic E-state index is -0.180. The Morgan fingerprint density at radius 2 is 2.14 bits per heavy atom. The van der Waals surface area contributed by atoms with Crippen molar-refractivity contribution < 1.29 is 4.39 Å². The van der Waals surface area contributed by atoms with Crippen LogP contribution in [0.15, 0.2) is 23.2 Å². The molecule has 0 saturated heterocycles. The van der Waals surface area contributed by atoms with Crippen molar-refractivity contribution in [2.24, 2.45) is 4.99 Å². The summed E-state index contributed by atoms with van der Waals surface area (Å²) in [5, 5.41) is 15.3. The molecule has 0 radical (unpaired) electrons. The quantitative estimate of drug-likeness (QED) is 0.590. The second-order valence-electron chi connectivity index (χ2n) is 7.38. The summed E-state index contributed by atoms with van der Waals surface area (Å²) in [6, 6.07) is 5.30. The summed E-state index contributed by atoms with van der Waals surface area (Å²) in [7, 11) is 0. The van der Waals surface area contributed by atoms with E-state index in [1.807, 2.05) is 26.0 Å². The first kappa shape index (κ1) is 20.3. The number of aryl methyl sites for hydroxylation is 2. The van der Waals surface area contributed by atoms with Gasteiger partial charge in [0, 0.05) is 32.5 Å². The number of hydrogen-bond acceptors (Lipinski definition) is 3. The standard InChI is InChI=1S/C21H31FN6/c1-4-23-21(25-16(3)17-10-9-15(2)18(22)14-17)24-12-11-20-27-26-19-8-6-5-7-13-28(19)20/h9-10,14,16H,4-8,11-13H2,1-3H3,(H2,23,24,25). The smallest absolute Gasteiger partial charge is 0.191 e. The molecule has 0 saturated carbocycles. The first-order chi connectivity index (χ1) is 13.6. The van der Waals surface area contributed by atoms with E-state index in [-0.39, 0.29) is 11.9 Å². The summed E-state index contributed by atoms with van der Waals surface area (Å²) in [6.07, 6.45) is 5.42. The first-order valence-electron chi connectivity index (χ1n) is 10.3. The lowest BCUT2D eigenvalue weighted by molar-refractivity contribution is 0.602. The van der Waals surface area contributed by atoms with Gasteiger partial charge in [-0.15, -0.1) is 10.2 Å². The monoisotopic (exact) mass is 386 g/mol. The zero-order valence-corrected chi connectivity index (χ0v) is 17.1. The van der Waals surface area contributed by atoms with Crippen LogP contribution in [0.1, 0.15) is 61.9 Å². The average Bonchev–Trinajstić information content (AvgIpc) is 2.90. The maximum absolute atomic E-state index is 13.9. The van der Waals surface area contributed by atoms with Gasteiger partial charge in [-0.05, 0) is 50.8 Å². The van der Waals surface area contributed by atoms with Gasteiger partial charge in [0.25, 0.3) is 0 Å². The molecule has 0 spiro atoms. The summed E-state index contributed by atoms with van der Waals surface area (Å²) in [4.78, 5) is 4.69. The van der Waals surface area contributed by atoms with Gasteiger partial charge in [-0.1, -0.05) is 18.6 Å². The fourth-order valence-electron chi connectivity index (χ4n) is 3.48. The van der Waals surface area contributed by atoms with Gasteiger partial charge in [0.15, 0.2) is 5.96 Å². The van der Waals surface area contributed by atoms with E-state index in [1.165, 1.54) is 19.3 Å². The Bertz CT molecular complexity index is 813. The minimum Gasteiger partial charge on any atom is -0.357 e. The molecule has 2 heterocycles. The molecular weight excluding hydrogens is 355 g/mol. The summed E-state index contributed by atoms with van der Waals surface area (Å²) in [6.45, 7) is 8.22. The molecular formula is C21H31FN6. The van der Waals surface area contributed by atoms with E-state index in [2.05, 4.69) is 30.4 Å². The molecule has 2 aromatic rings. The number of hydrogen-bond donors (Lipinski definition) is 2. The molecule has 0 bridgehead atoms. The lowest BCUT2D eigenvalue weighted by Gasteiger charge is -2.18. The van der Waals surface area contributed by atoms with Gasteiger partial charge in [-0.25, -0.2) is 4.39 Å². The third-order valence-electron chi connectivity index (χ3n) is 5.18. The van der Waals surface area contributed by atoms with E-state index in [9.17, 15) is 4.39 Å². The Kier molecular flexibility index (Phi) is 7.01. The van der Waals surface area contributed by atoms with Gasteiger partial charge in [0.1, 0.15) is 17.5 Å². The van der Waals surface area contributed by atoms with E-state index < -0.39 is 0 Å². The van der Waals surface area contributed by atoms with Crippen LogP contribution in [-0.4, -0.2) is 33.8 Å². The lowest BCUT2D eigenvalue weighted by Crippen LogP contribution is -2.39. The third-order valence-corrected chi connectivity index (χ3v) is 5.18. The average molecular weight is 387 g/mol. The van der Waals surface area contributed by atoms with E-state index >= 15 is 0 Å². The van der Waals surface area contributed by atoms with Crippen molar-refractivity contribution in [3.05, 3.63) is 46.8 Å². The van der Waals surface area contributed by atoms with Crippen LogP contribution in [0.2, 0.25) is 0 Å². The summed E-state index contributed by atoms with van der Waals surface area (Å²) in [5.41, 5.74) is 1.56. The fraction of sp³-hybridized carbons (Fsp3) is 0.571. The van der Waals surface area contributed by atoms with Gasteiger partial charge >= 0.3 is 0 Å². The van der Waals surface area contributed by atoms with Crippen LogP contribution in [0, 0.1) is 12.7 Å². The molecule has 2 N–H and O–H groups in total. The molecule has 28 heavy (non-hydrogen) atoms. The zero-order chi connectivity index (χ0) is 19.9. The Labute approximate surface area is 166 Å². The number of halogens is 1. The lowest BCUT2D eigenvalue weighted by atomic mass is 10.1. The summed E-state index contributed by atoms with van der Waals surface area (Å²) in [5.74, 6) is 2.67. The largest absolute Gasteiger partial charge is 0.357 e. The highest BCUT2D eigenvalue weighted by atomic mass is 19.1. The molecule has 1 unspecified atom stereocenters. The second kappa shape index (κ2) is 9.66. The maximum Gasteiger partial charge on any atom is 0.191 e. The normalized spacial score (nSPS) is 15.6. The third kappa shape index (κ3) is 5.09. The molecule has 0 amide bonds. The van der Waals surface area contributed by atoms with Crippen molar-refractivity contribution in [1.29, 1.82) is 0 Å². The molecule has 0 fully saturated rings. The van der Waals surface area contributed by atoms with Crippen molar-refractivity contribution in [2.75, 3.05) is 13.1 Å². The number of aromatic nitrogens is 3. The molecule has 6 nitrogen and oxygen atoms in total. The SMILES string of the molecule is CCNC(=NCCc1nnc2n1CCCCC2)NC(C)c1ccc(C)c(F)c1. The highest BCUT2D eigenvalue weighted by Crippen LogP contribution is 2.17. The van der Waals surface area contributed by atoms with Gasteiger partial charge in [-0.2, -0.15) is 0 Å². The van der Waals surface area contributed by atoms with Crippen LogP contribution in [0.3, 0.4) is 0 Å². The molecule has 3 rings (SSSR count). The number of fused-ring (bicyclic) bond motifs is 1. The van der Waals surface area contributed by atoms with E-state index in [4.69, 9.17) is 0 Å². The number of aliphatic imine (C=N–C) groups is 1. The van der Waals surface area contributed by atoms with Crippen LogP contribution < -0.4 is 10.6 Å². The van der Waals surface area contributed by atoms with Gasteiger partial charge < -0.3 is 15.2 Å². The molecule has 1 aliphatic heterocycles. The van der Waals surface area contributed by atoms with Crippen LogP contribution in [0.5, 0.6) is 0 Å². The van der Waals surface area contributed by atoms with Gasteiger partial charge in [0.2, 0.25) is 0 Å². The van der Waals surface area contributed by atoms with E-state index in [0.717, 1.165) is 49.1 Å². The molecule has 152 valence electrons.